The average molecular weight is 359 g/mol. The van der Waals surface area contributed by atoms with Crippen LogP contribution in [0.25, 0.3) is 0 Å². The summed E-state index contributed by atoms with van der Waals surface area (Å²) in [7, 11) is 1.51. The molecule has 1 saturated carbocycles. The molecule has 2 aliphatic rings. The number of hydrogen-bond acceptors (Lipinski definition) is 4. The molecule has 26 heavy (non-hydrogen) atoms. The van der Waals surface area contributed by atoms with Gasteiger partial charge in [0.05, 0.1) is 13.0 Å². The summed E-state index contributed by atoms with van der Waals surface area (Å²) in [6, 6.07) is 12.0. The zero-order chi connectivity index (χ0) is 18.5. The molecule has 1 saturated heterocycles. The van der Waals surface area contributed by atoms with E-state index in [1.165, 1.54) is 19.2 Å². The standard InChI is InChI=1S/C22H34N2O2/c1-17-13-23(15-20-9-11-21(12-10-20)22(25)26-3)14-18(2)24(17)16-19-7-5-4-6-8-19/h4-8,17-18,20-21H,9-16H2,1-3H3/t17-,18+,20?,21?. The molecule has 1 aliphatic heterocycles. The van der Waals surface area contributed by atoms with E-state index >= 15 is 0 Å². The molecule has 4 nitrogen and oxygen atoms in total. The van der Waals surface area contributed by atoms with Crippen molar-refractivity contribution in [3.63, 3.8) is 0 Å². The zero-order valence-electron chi connectivity index (χ0n) is 16.6. The first kappa shape index (κ1) is 19.4. The monoisotopic (exact) mass is 358 g/mol. The third-order valence-electron chi connectivity index (χ3n) is 6.28. The van der Waals surface area contributed by atoms with Gasteiger partial charge >= 0.3 is 5.97 Å². The van der Waals surface area contributed by atoms with Gasteiger partial charge in [0.15, 0.2) is 0 Å². The van der Waals surface area contributed by atoms with Crippen molar-refractivity contribution >= 4 is 5.97 Å². The highest BCUT2D eigenvalue weighted by Gasteiger charge is 2.32. The lowest BCUT2D eigenvalue weighted by Crippen LogP contribution is -2.56. The van der Waals surface area contributed by atoms with Crippen LogP contribution in [0.4, 0.5) is 0 Å². The Morgan fingerprint density at radius 1 is 1.04 bits per heavy atom. The molecule has 0 spiro atoms. The summed E-state index contributed by atoms with van der Waals surface area (Å²) in [4.78, 5) is 17.0. The number of rotatable bonds is 5. The highest BCUT2D eigenvalue weighted by Crippen LogP contribution is 2.31. The summed E-state index contributed by atoms with van der Waals surface area (Å²) in [6.45, 7) is 9.24. The fourth-order valence-corrected chi connectivity index (χ4v) is 4.83. The van der Waals surface area contributed by atoms with E-state index < -0.39 is 0 Å². The van der Waals surface area contributed by atoms with E-state index in [2.05, 4.69) is 54.0 Å². The smallest absolute Gasteiger partial charge is 0.308 e. The molecule has 0 aromatic heterocycles. The minimum atomic E-state index is -0.0137. The second kappa shape index (κ2) is 9.01. The van der Waals surface area contributed by atoms with Gasteiger partial charge in [-0.3, -0.25) is 14.6 Å². The van der Waals surface area contributed by atoms with Gasteiger partial charge in [-0.05, 0) is 51.0 Å². The maximum atomic E-state index is 11.7. The van der Waals surface area contributed by atoms with Gasteiger partial charge in [-0.1, -0.05) is 30.3 Å². The molecule has 0 amide bonds. The lowest BCUT2D eigenvalue weighted by atomic mass is 9.81. The molecule has 0 radical (unpaired) electrons. The molecular formula is C22H34N2O2. The van der Waals surface area contributed by atoms with Gasteiger partial charge < -0.3 is 4.74 Å². The normalized spacial score (nSPS) is 30.9. The molecule has 1 aliphatic carbocycles. The lowest BCUT2D eigenvalue weighted by Gasteiger charge is -2.46. The van der Waals surface area contributed by atoms with E-state index in [9.17, 15) is 4.79 Å². The van der Waals surface area contributed by atoms with Crippen LogP contribution in [0.3, 0.4) is 0 Å². The van der Waals surface area contributed by atoms with E-state index in [0.29, 0.717) is 12.1 Å². The number of methoxy groups -OCH3 is 1. The second-order valence-corrected chi connectivity index (χ2v) is 8.32. The van der Waals surface area contributed by atoms with Gasteiger partial charge in [-0.2, -0.15) is 0 Å². The fraction of sp³-hybridized carbons (Fsp3) is 0.682. The number of nitrogens with zero attached hydrogens (tertiary/aromatic N) is 2. The third kappa shape index (κ3) is 4.86. The Labute approximate surface area is 158 Å². The summed E-state index contributed by atoms with van der Waals surface area (Å²) in [5.41, 5.74) is 1.40. The van der Waals surface area contributed by atoms with Gasteiger partial charge in [0.25, 0.3) is 0 Å². The van der Waals surface area contributed by atoms with E-state index in [1.807, 2.05) is 0 Å². The molecule has 2 atom stereocenters. The van der Waals surface area contributed by atoms with Crippen LogP contribution in [0, 0.1) is 11.8 Å². The third-order valence-corrected chi connectivity index (χ3v) is 6.28. The van der Waals surface area contributed by atoms with Crippen molar-refractivity contribution in [2.24, 2.45) is 11.8 Å². The van der Waals surface area contributed by atoms with Crippen molar-refractivity contribution in [3.05, 3.63) is 35.9 Å². The molecule has 1 aromatic rings. The Morgan fingerprint density at radius 3 is 2.23 bits per heavy atom. The quantitative estimate of drug-likeness (QED) is 0.754. The van der Waals surface area contributed by atoms with Gasteiger partial charge in [0.2, 0.25) is 0 Å². The highest BCUT2D eigenvalue weighted by atomic mass is 16.5. The van der Waals surface area contributed by atoms with Crippen LogP contribution < -0.4 is 0 Å². The number of hydrogen-bond donors (Lipinski definition) is 0. The van der Waals surface area contributed by atoms with Gasteiger partial charge in [0.1, 0.15) is 0 Å². The van der Waals surface area contributed by atoms with Crippen molar-refractivity contribution in [1.82, 2.24) is 9.80 Å². The zero-order valence-corrected chi connectivity index (χ0v) is 16.6. The van der Waals surface area contributed by atoms with Crippen molar-refractivity contribution in [3.8, 4) is 0 Å². The summed E-state index contributed by atoms with van der Waals surface area (Å²) >= 11 is 0. The van der Waals surface area contributed by atoms with Crippen LogP contribution >= 0.6 is 0 Å². The van der Waals surface area contributed by atoms with Gasteiger partial charge in [0, 0.05) is 38.3 Å². The predicted octanol–water partition coefficient (Wildman–Crippen LogP) is 3.56. The van der Waals surface area contributed by atoms with Crippen LogP contribution in [-0.4, -0.2) is 54.6 Å². The van der Waals surface area contributed by atoms with Gasteiger partial charge in [-0.15, -0.1) is 0 Å². The van der Waals surface area contributed by atoms with Crippen LogP contribution in [0.5, 0.6) is 0 Å². The number of ether oxygens (including phenoxy) is 1. The maximum absolute atomic E-state index is 11.7. The molecule has 4 heteroatoms. The summed E-state index contributed by atoms with van der Waals surface area (Å²) < 4.78 is 4.91. The highest BCUT2D eigenvalue weighted by molar-refractivity contribution is 5.72. The van der Waals surface area contributed by atoms with Crippen LogP contribution in [0.15, 0.2) is 30.3 Å². The molecule has 1 heterocycles. The fourth-order valence-electron chi connectivity index (χ4n) is 4.83. The van der Waals surface area contributed by atoms with Crippen molar-refractivity contribution in [2.45, 2.75) is 58.2 Å². The van der Waals surface area contributed by atoms with Gasteiger partial charge in [-0.25, -0.2) is 0 Å². The molecule has 144 valence electrons. The Bertz CT molecular complexity index is 557. The Balaban J connectivity index is 1.48. The largest absolute Gasteiger partial charge is 0.469 e. The van der Waals surface area contributed by atoms with Crippen molar-refractivity contribution < 1.29 is 9.53 Å². The number of esters is 1. The minimum Gasteiger partial charge on any atom is -0.469 e. The van der Waals surface area contributed by atoms with Crippen LogP contribution in [-0.2, 0) is 16.1 Å². The molecule has 0 bridgehead atoms. The first-order valence-electron chi connectivity index (χ1n) is 10.2. The molecular weight excluding hydrogens is 324 g/mol. The summed E-state index contributed by atoms with van der Waals surface area (Å²) in [5, 5.41) is 0. The summed E-state index contributed by atoms with van der Waals surface area (Å²) in [6.07, 6.45) is 4.31. The summed E-state index contributed by atoms with van der Waals surface area (Å²) in [5.74, 6) is 0.855. The Morgan fingerprint density at radius 2 is 1.65 bits per heavy atom. The topological polar surface area (TPSA) is 32.8 Å². The minimum absolute atomic E-state index is 0.0137. The predicted molar refractivity (Wildman–Crippen MR) is 105 cm³/mol. The lowest BCUT2D eigenvalue weighted by molar-refractivity contribution is -0.146. The Kier molecular flexibility index (Phi) is 6.71. The van der Waals surface area contributed by atoms with Crippen LogP contribution in [0.1, 0.15) is 45.1 Å². The van der Waals surface area contributed by atoms with Crippen molar-refractivity contribution in [2.75, 3.05) is 26.7 Å². The number of carbonyl (C=O) groups excluding carboxylic acids is 1. The first-order chi connectivity index (χ1) is 12.6. The molecule has 1 aromatic carbocycles. The van der Waals surface area contributed by atoms with Crippen molar-refractivity contribution in [1.29, 1.82) is 0 Å². The molecule has 3 rings (SSSR count). The number of piperazine rings is 1. The van der Waals surface area contributed by atoms with E-state index in [4.69, 9.17) is 4.74 Å². The number of benzene rings is 1. The van der Waals surface area contributed by atoms with E-state index in [1.54, 1.807) is 0 Å². The van der Waals surface area contributed by atoms with E-state index in [-0.39, 0.29) is 11.9 Å². The first-order valence-corrected chi connectivity index (χ1v) is 10.2. The molecule has 0 N–H and O–H groups in total. The number of carbonyl (C=O) groups is 1. The average Bonchev–Trinajstić information content (AvgIpc) is 2.65. The SMILES string of the molecule is COC(=O)C1CCC(CN2C[C@@H](C)N(Cc3ccccc3)[C@@H](C)C2)CC1. The second-order valence-electron chi connectivity index (χ2n) is 8.32. The van der Waals surface area contributed by atoms with E-state index in [0.717, 1.165) is 51.2 Å². The maximum Gasteiger partial charge on any atom is 0.308 e. The Hall–Kier alpha value is -1.39. The van der Waals surface area contributed by atoms with Crippen LogP contribution in [0.2, 0.25) is 0 Å². The molecule has 0 unspecified atom stereocenters. The molecule has 2 fully saturated rings.